The van der Waals surface area contributed by atoms with Crippen molar-refractivity contribution in [3.8, 4) is 0 Å². The van der Waals surface area contributed by atoms with Gasteiger partial charge in [0.05, 0.1) is 27.7 Å². The summed E-state index contributed by atoms with van der Waals surface area (Å²) in [6.07, 6.45) is 0. The predicted octanol–water partition coefficient (Wildman–Crippen LogP) is 3.99. The van der Waals surface area contributed by atoms with Crippen LogP contribution in [0.15, 0.2) is 36.4 Å². The number of aryl methyl sites for hydroxylation is 1. The molecule has 0 radical (unpaired) electrons. The lowest BCUT2D eigenvalue weighted by Gasteiger charge is -2.11. The monoisotopic (exact) mass is 362 g/mol. The highest BCUT2D eigenvalue weighted by Crippen LogP contribution is 2.24. The van der Waals surface area contributed by atoms with Crippen LogP contribution in [0.3, 0.4) is 0 Å². The van der Waals surface area contributed by atoms with E-state index in [2.05, 4.69) is 5.32 Å². The zero-order valence-corrected chi connectivity index (χ0v) is 14.3. The van der Waals surface area contributed by atoms with Crippen LogP contribution in [0, 0.1) is 17.0 Å². The Bertz CT molecular complexity index is 851. The number of benzene rings is 2. The van der Waals surface area contributed by atoms with Crippen LogP contribution in [0.4, 0.5) is 11.4 Å². The summed E-state index contributed by atoms with van der Waals surface area (Å²) in [6, 6.07) is 8.33. The second-order valence-corrected chi connectivity index (χ2v) is 5.53. The summed E-state index contributed by atoms with van der Waals surface area (Å²) in [4.78, 5) is 34.5. The smallest absolute Gasteiger partial charge is 0.338 e. The van der Waals surface area contributed by atoms with Gasteiger partial charge in [-0.1, -0.05) is 17.7 Å². The third-order valence-corrected chi connectivity index (χ3v) is 3.73. The van der Waals surface area contributed by atoms with E-state index in [-0.39, 0.29) is 28.4 Å². The molecule has 2 aromatic rings. The Morgan fingerprint density at radius 2 is 1.96 bits per heavy atom. The van der Waals surface area contributed by atoms with E-state index in [1.807, 2.05) is 0 Å². The van der Waals surface area contributed by atoms with Crippen LogP contribution in [-0.4, -0.2) is 23.4 Å². The molecule has 8 heteroatoms. The number of rotatable bonds is 5. The van der Waals surface area contributed by atoms with E-state index in [1.165, 1.54) is 18.2 Å². The van der Waals surface area contributed by atoms with Crippen molar-refractivity contribution in [3.63, 3.8) is 0 Å². The minimum absolute atomic E-state index is 0.0307. The summed E-state index contributed by atoms with van der Waals surface area (Å²) in [5, 5.41) is 13.6. The lowest BCUT2D eigenvalue weighted by atomic mass is 10.1. The van der Waals surface area contributed by atoms with Gasteiger partial charge in [-0.2, -0.15) is 0 Å². The number of nitrogens with zero attached hydrogens (tertiary/aromatic N) is 1. The van der Waals surface area contributed by atoms with Crippen molar-refractivity contribution in [2.75, 3.05) is 11.9 Å². The first kappa shape index (κ1) is 18.4. The minimum atomic E-state index is -0.613. The van der Waals surface area contributed by atoms with E-state index < -0.39 is 16.8 Å². The normalized spacial score (nSPS) is 10.2. The first-order valence-electron chi connectivity index (χ1n) is 7.36. The Kier molecular flexibility index (Phi) is 5.71. The minimum Gasteiger partial charge on any atom is -0.462 e. The van der Waals surface area contributed by atoms with Crippen LogP contribution in [0.5, 0.6) is 0 Å². The van der Waals surface area contributed by atoms with Crippen LogP contribution >= 0.6 is 11.6 Å². The molecule has 130 valence electrons. The van der Waals surface area contributed by atoms with Crippen molar-refractivity contribution >= 4 is 34.9 Å². The average Bonchev–Trinajstić information content (AvgIpc) is 2.57. The number of ether oxygens (including phenoxy) is 1. The number of nitro groups is 1. The van der Waals surface area contributed by atoms with Crippen molar-refractivity contribution in [2.24, 2.45) is 0 Å². The van der Waals surface area contributed by atoms with Crippen molar-refractivity contribution in [2.45, 2.75) is 13.8 Å². The molecule has 0 spiro atoms. The average molecular weight is 363 g/mol. The number of amides is 1. The number of carbonyl (C=O) groups excluding carboxylic acids is 2. The molecule has 7 nitrogen and oxygen atoms in total. The van der Waals surface area contributed by atoms with Gasteiger partial charge in [0.1, 0.15) is 0 Å². The molecule has 0 saturated heterocycles. The Morgan fingerprint density at radius 3 is 2.60 bits per heavy atom. The fourth-order valence-corrected chi connectivity index (χ4v) is 2.29. The molecule has 0 aliphatic heterocycles. The number of nitrogens with one attached hydrogen (secondary N) is 1. The molecule has 0 saturated carbocycles. The van der Waals surface area contributed by atoms with Gasteiger partial charge in [0.15, 0.2) is 0 Å². The summed E-state index contributed by atoms with van der Waals surface area (Å²) in [6.45, 7) is 3.68. The van der Waals surface area contributed by atoms with Gasteiger partial charge in [0.25, 0.3) is 11.6 Å². The fourth-order valence-electron chi connectivity index (χ4n) is 2.09. The van der Waals surface area contributed by atoms with E-state index in [0.29, 0.717) is 11.3 Å². The van der Waals surface area contributed by atoms with Gasteiger partial charge < -0.3 is 10.1 Å². The topological polar surface area (TPSA) is 98.5 Å². The number of esters is 1. The van der Waals surface area contributed by atoms with Crippen LogP contribution in [-0.2, 0) is 4.74 Å². The maximum atomic E-state index is 12.4. The van der Waals surface area contributed by atoms with Gasteiger partial charge in [0, 0.05) is 17.8 Å². The number of hydrogen-bond donors (Lipinski definition) is 1. The third kappa shape index (κ3) is 4.33. The molecular weight excluding hydrogens is 348 g/mol. The van der Waals surface area contributed by atoms with Crippen molar-refractivity contribution in [1.29, 1.82) is 0 Å². The molecule has 1 amide bonds. The van der Waals surface area contributed by atoms with E-state index in [4.69, 9.17) is 16.3 Å². The lowest BCUT2D eigenvalue weighted by molar-refractivity contribution is -0.384. The third-order valence-electron chi connectivity index (χ3n) is 3.40. The summed E-state index contributed by atoms with van der Waals surface area (Å²) >= 11 is 5.97. The summed E-state index contributed by atoms with van der Waals surface area (Å²) in [5.74, 6) is -1.12. The first-order valence-corrected chi connectivity index (χ1v) is 7.74. The Labute approximate surface area is 148 Å². The highest BCUT2D eigenvalue weighted by molar-refractivity contribution is 6.34. The fraction of sp³-hybridized carbons (Fsp3) is 0.176. The molecule has 0 aliphatic rings. The van der Waals surface area contributed by atoms with Crippen molar-refractivity contribution in [3.05, 3.63) is 68.2 Å². The maximum absolute atomic E-state index is 12.4. The van der Waals surface area contributed by atoms with Crippen LogP contribution in [0.1, 0.15) is 33.2 Å². The zero-order chi connectivity index (χ0) is 18.6. The standard InChI is InChI=1S/C17H15ClN2O5/c1-3-25-17(22)11-5-4-10(2)15(8-11)19-16(21)13-9-12(20(23)24)6-7-14(13)18/h4-9H,3H2,1-2H3,(H,19,21). The van der Waals surface area contributed by atoms with Gasteiger partial charge in [0.2, 0.25) is 0 Å². The van der Waals surface area contributed by atoms with Crippen molar-refractivity contribution < 1.29 is 19.2 Å². The summed E-state index contributed by atoms with van der Waals surface area (Å²) in [5.41, 5.74) is 1.11. The second-order valence-electron chi connectivity index (χ2n) is 5.13. The Morgan fingerprint density at radius 1 is 1.24 bits per heavy atom. The zero-order valence-electron chi connectivity index (χ0n) is 13.5. The number of nitro benzene ring substituents is 1. The highest BCUT2D eigenvalue weighted by atomic mass is 35.5. The molecule has 0 atom stereocenters. The van der Waals surface area contributed by atoms with Crippen LogP contribution in [0.25, 0.3) is 0 Å². The molecule has 0 aromatic heterocycles. The van der Waals surface area contributed by atoms with E-state index >= 15 is 0 Å². The molecule has 0 unspecified atom stereocenters. The van der Waals surface area contributed by atoms with Gasteiger partial charge in [-0.05, 0) is 37.6 Å². The van der Waals surface area contributed by atoms with Gasteiger partial charge in [-0.3, -0.25) is 14.9 Å². The molecule has 0 heterocycles. The van der Waals surface area contributed by atoms with Gasteiger partial charge in [-0.15, -0.1) is 0 Å². The van der Waals surface area contributed by atoms with Crippen LogP contribution < -0.4 is 5.32 Å². The van der Waals surface area contributed by atoms with E-state index in [0.717, 1.165) is 6.07 Å². The Balaban J connectivity index is 2.32. The SMILES string of the molecule is CCOC(=O)c1ccc(C)c(NC(=O)c2cc([N+](=O)[O-])ccc2Cl)c1. The molecule has 0 aliphatic carbocycles. The largest absolute Gasteiger partial charge is 0.462 e. The molecular formula is C17H15ClN2O5. The Hall–Kier alpha value is -2.93. The summed E-state index contributed by atoms with van der Waals surface area (Å²) < 4.78 is 4.93. The highest BCUT2D eigenvalue weighted by Gasteiger charge is 2.17. The first-order chi connectivity index (χ1) is 11.8. The predicted molar refractivity (Wildman–Crippen MR) is 93.2 cm³/mol. The van der Waals surface area contributed by atoms with Crippen LogP contribution in [0.2, 0.25) is 5.02 Å². The summed E-state index contributed by atoms with van der Waals surface area (Å²) in [7, 11) is 0. The molecule has 2 rings (SSSR count). The molecule has 0 fully saturated rings. The number of halogens is 1. The van der Waals surface area contributed by atoms with E-state index in [9.17, 15) is 19.7 Å². The number of non-ortho nitro benzene ring substituents is 1. The number of carbonyl (C=O) groups is 2. The van der Waals surface area contributed by atoms with Gasteiger partial charge >= 0.3 is 5.97 Å². The maximum Gasteiger partial charge on any atom is 0.338 e. The molecule has 2 aromatic carbocycles. The second kappa shape index (κ2) is 7.76. The lowest BCUT2D eigenvalue weighted by Crippen LogP contribution is -2.14. The number of hydrogen-bond acceptors (Lipinski definition) is 5. The number of anilines is 1. The van der Waals surface area contributed by atoms with Crippen molar-refractivity contribution in [1.82, 2.24) is 0 Å². The van der Waals surface area contributed by atoms with Gasteiger partial charge in [-0.25, -0.2) is 4.79 Å². The molecule has 0 bridgehead atoms. The van der Waals surface area contributed by atoms with E-state index in [1.54, 1.807) is 26.0 Å². The quantitative estimate of drug-likeness (QED) is 0.492. The molecule has 25 heavy (non-hydrogen) atoms. The molecule has 1 N–H and O–H groups in total.